The van der Waals surface area contributed by atoms with Crippen LogP contribution in [0.4, 0.5) is 15.8 Å². The van der Waals surface area contributed by atoms with Crippen molar-refractivity contribution in [3.63, 3.8) is 0 Å². The molecular formula is C16H16ClFN2O. The van der Waals surface area contributed by atoms with E-state index in [-0.39, 0.29) is 17.5 Å². The van der Waals surface area contributed by atoms with Crippen molar-refractivity contribution in [2.24, 2.45) is 0 Å². The third-order valence-electron chi connectivity index (χ3n) is 3.16. The topological polar surface area (TPSA) is 41.1 Å². The molecule has 0 heterocycles. The number of hydrogen-bond donors (Lipinski definition) is 2. The van der Waals surface area contributed by atoms with Gasteiger partial charge in [0.15, 0.2) is 0 Å². The van der Waals surface area contributed by atoms with Crippen LogP contribution < -0.4 is 10.6 Å². The van der Waals surface area contributed by atoms with E-state index in [1.165, 1.54) is 23.8 Å². The van der Waals surface area contributed by atoms with Crippen LogP contribution in [-0.4, -0.2) is 12.5 Å². The van der Waals surface area contributed by atoms with Crippen molar-refractivity contribution < 1.29 is 9.18 Å². The van der Waals surface area contributed by atoms with Crippen LogP contribution in [0.3, 0.4) is 0 Å². The van der Waals surface area contributed by atoms with E-state index >= 15 is 0 Å². The first-order valence-electron chi connectivity index (χ1n) is 6.52. The summed E-state index contributed by atoms with van der Waals surface area (Å²) in [5.41, 5.74) is 3.64. The predicted octanol–water partition coefficient (Wildman–Crippen LogP) is 4.15. The fraction of sp³-hybridized carbons (Fsp3) is 0.188. The molecule has 21 heavy (non-hydrogen) atoms. The number of rotatable bonds is 4. The van der Waals surface area contributed by atoms with Gasteiger partial charge in [-0.2, -0.15) is 0 Å². The maximum absolute atomic E-state index is 13.0. The summed E-state index contributed by atoms with van der Waals surface area (Å²) in [4.78, 5) is 11.9. The van der Waals surface area contributed by atoms with Gasteiger partial charge < -0.3 is 10.6 Å². The Morgan fingerprint density at radius 1 is 1.10 bits per heavy atom. The number of carbonyl (C=O) groups is 1. The summed E-state index contributed by atoms with van der Waals surface area (Å²) >= 11 is 5.68. The van der Waals surface area contributed by atoms with Crippen LogP contribution in [0, 0.1) is 19.7 Å². The summed E-state index contributed by atoms with van der Waals surface area (Å²) < 4.78 is 13.0. The number of carbonyl (C=O) groups excluding carboxylic acids is 1. The maximum Gasteiger partial charge on any atom is 0.243 e. The van der Waals surface area contributed by atoms with Crippen LogP contribution in [0.15, 0.2) is 36.4 Å². The third-order valence-corrected chi connectivity index (χ3v) is 3.45. The molecule has 0 fully saturated rings. The molecule has 0 radical (unpaired) electrons. The molecule has 5 heteroatoms. The van der Waals surface area contributed by atoms with Crippen molar-refractivity contribution in [3.8, 4) is 0 Å². The molecule has 0 unspecified atom stereocenters. The van der Waals surface area contributed by atoms with Crippen LogP contribution in [-0.2, 0) is 4.79 Å². The Morgan fingerprint density at radius 2 is 1.81 bits per heavy atom. The van der Waals surface area contributed by atoms with Crippen LogP contribution in [0.25, 0.3) is 0 Å². The van der Waals surface area contributed by atoms with E-state index in [0.717, 1.165) is 11.3 Å². The fourth-order valence-corrected chi connectivity index (χ4v) is 1.99. The standard InChI is InChI=1S/C16H16ClFN2O/c1-10-3-4-13(7-11(10)2)20-16(21)9-19-12-5-6-15(18)14(17)8-12/h3-8,19H,9H2,1-2H3,(H,20,21). The molecule has 2 N–H and O–H groups in total. The van der Waals surface area contributed by atoms with E-state index in [9.17, 15) is 9.18 Å². The van der Waals surface area contributed by atoms with Crippen LogP contribution in [0.2, 0.25) is 5.02 Å². The molecule has 2 aromatic carbocycles. The second-order valence-corrected chi connectivity index (χ2v) is 5.24. The first kappa shape index (κ1) is 15.3. The number of nitrogens with one attached hydrogen (secondary N) is 2. The summed E-state index contributed by atoms with van der Waals surface area (Å²) in [5.74, 6) is -0.666. The molecule has 0 aliphatic heterocycles. The van der Waals surface area contributed by atoms with Gasteiger partial charge in [0, 0.05) is 11.4 Å². The van der Waals surface area contributed by atoms with E-state index in [1.807, 2.05) is 32.0 Å². The molecule has 110 valence electrons. The molecule has 2 rings (SSSR count). The second-order valence-electron chi connectivity index (χ2n) is 4.83. The third kappa shape index (κ3) is 4.20. The highest BCUT2D eigenvalue weighted by Crippen LogP contribution is 2.19. The van der Waals surface area contributed by atoms with Crippen LogP contribution in [0.5, 0.6) is 0 Å². The highest BCUT2D eigenvalue weighted by Gasteiger charge is 2.05. The average molecular weight is 307 g/mol. The number of aryl methyl sites for hydroxylation is 2. The van der Waals surface area contributed by atoms with Crippen molar-refractivity contribution in [3.05, 3.63) is 58.4 Å². The molecule has 1 amide bonds. The van der Waals surface area contributed by atoms with E-state index in [4.69, 9.17) is 11.6 Å². The Bertz CT molecular complexity index is 673. The molecule has 0 atom stereocenters. The van der Waals surface area contributed by atoms with Gasteiger partial charge in [-0.15, -0.1) is 0 Å². The second kappa shape index (κ2) is 6.59. The van der Waals surface area contributed by atoms with Crippen LogP contribution >= 0.6 is 11.6 Å². The number of anilines is 2. The number of benzene rings is 2. The van der Waals surface area contributed by atoms with Gasteiger partial charge in [-0.3, -0.25) is 4.79 Å². The summed E-state index contributed by atoms with van der Waals surface area (Å²) in [7, 11) is 0. The summed E-state index contributed by atoms with van der Waals surface area (Å²) in [6.45, 7) is 4.08. The van der Waals surface area contributed by atoms with Gasteiger partial charge in [-0.1, -0.05) is 17.7 Å². The van der Waals surface area contributed by atoms with E-state index in [2.05, 4.69) is 10.6 Å². The number of amides is 1. The minimum Gasteiger partial charge on any atom is -0.376 e. The van der Waals surface area contributed by atoms with Gasteiger partial charge in [0.25, 0.3) is 0 Å². The van der Waals surface area contributed by atoms with Crippen molar-refractivity contribution in [2.45, 2.75) is 13.8 Å². The van der Waals surface area contributed by atoms with E-state index in [1.54, 1.807) is 0 Å². The molecule has 0 bridgehead atoms. The zero-order valence-electron chi connectivity index (χ0n) is 11.8. The molecule has 0 spiro atoms. The molecule has 3 nitrogen and oxygen atoms in total. The lowest BCUT2D eigenvalue weighted by atomic mass is 10.1. The van der Waals surface area contributed by atoms with E-state index in [0.29, 0.717) is 5.69 Å². The number of halogens is 2. The zero-order valence-corrected chi connectivity index (χ0v) is 12.6. The molecule has 0 saturated carbocycles. The first-order valence-corrected chi connectivity index (χ1v) is 6.89. The molecule has 0 aliphatic carbocycles. The quantitative estimate of drug-likeness (QED) is 0.891. The van der Waals surface area contributed by atoms with Gasteiger partial charge >= 0.3 is 0 Å². The van der Waals surface area contributed by atoms with Crippen molar-refractivity contribution >= 4 is 28.9 Å². The maximum atomic E-state index is 13.0. The molecular weight excluding hydrogens is 291 g/mol. The minimum atomic E-state index is -0.484. The van der Waals surface area contributed by atoms with Crippen molar-refractivity contribution in [1.29, 1.82) is 0 Å². The predicted molar refractivity (Wildman–Crippen MR) is 84.4 cm³/mol. The van der Waals surface area contributed by atoms with Gasteiger partial charge in [0.2, 0.25) is 5.91 Å². The van der Waals surface area contributed by atoms with Gasteiger partial charge in [-0.05, 0) is 55.3 Å². The smallest absolute Gasteiger partial charge is 0.243 e. The largest absolute Gasteiger partial charge is 0.376 e. The number of hydrogen-bond acceptors (Lipinski definition) is 2. The first-order chi connectivity index (χ1) is 9.95. The van der Waals surface area contributed by atoms with Gasteiger partial charge in [-0.25, -0.2) is 4.39 Å². The lowest BCUT2D eigenvalue weighted by Crippen LogP contribution is -2.21. The zero-order chi connectivity index (χ0) is 15.4. The SMILES string of the molecule is Cc1ccc(NC(=O)CNc2ccc(F)c(Cl)c2)cc1C. The van der Waals surface area contributed by atoms with E-state index < -0.39 is 5.82 Å². The molecule has 0 aromatic heterocycles. The minimum absolute atomic E-state index is 0.0227. The highest BCUT2D eigenvalue weighted by atomic mass is 35.5. The Hall–Kier alpha value is -2.07. The fourth-order valence-electron chi connectivity index (χ4n) is 1.81. The van der Waals surface area contributed by atoms with Crippen LogP contribution in [0.1, 0.15) is 11.1 Å². The highest BCUT2D eigenvalue weighted by molar-refractivity contribution is 6.31. The lowest BCUT2D eigenvalue weighted by Gasteiger charge is -2.09. The van der Waals surface area contributed by atoms with Gasteiger partial charge in [0.05, 0.1) is 11.6 Å². The normalized spacial score (nSPS) is 10.3. The van der Waals surface area contributed by atoms with Gasteiger partial charge in [0.1, 0.15) is 5.82 Å². The summed E-state index contributed by atoms with van der Waals surface area (Å²) in [6, 6.07) is 9.96. The molecule has 0 aliphatic rings. The lowest BCUT2D eigenvalue weighted by molar-refractivity contribution is -0.114. The Labute approximate surface area is 128 Å². The average Bonchev–Trinajstić information content (AvgIpc) is 2.44. The Balaban J connectivity index is 1.92. The van der Waals surface area contributed by atoms with Crippen molar-refractivity contribution in [1.82, 2.24) is 0 Å². The Morgan fingerprint density at radius 3 is 2.48 bits per heavy atom. The summed E-state index contributed by atoms with van der Waals surface area (Å²) in [6.07, 6.45) is 0. The molecule has 2 aromatic rings. The van der Waals surface area contributed by atoms with Crippen molar-refractivity contribution in [2.75, 3.05) is 17.2 Å². The molecule has 0 saturated heterocycles. The summed E-state index contributed by atoms with van der Waals surface area (Å²) in [5, 5.41) is 5.72. The Kier molecular flexibility index (Phi) is 4.81. The monoisotopic (exact) mass is 306 g/mol.